The molecule has 0 aliphatic heterocycles. The Morgan fingerprint density at radius 2 is 1.82 bits per heavy atom. The fourth-order valence-corrected chi connectivity index (χ4v) is 1.44. The molecule has 0 bridgehead atoms. The summed E-state index contributed by atoms with van der Waals surface area (Å²) in [4.78, 5) is 11.6. The molecule has 4 atom stereocenters. The molecule has 0 saturated heterocycles. The van der Waals surface area contributed by atoms with E-state index in [0.717, 1.165) is 0 Å². The fraction of sp³-hybridized carbons (Fsp3) is 0.909. The zero-order chi connectivity index (χ0) is 16.3. The topological polar surface area (TPSA) is 74.2 Å². The molecule has 0 rings (SSSR count). The molecular weight excluding hydrogens is 228 g/mol. The Hall–Kier alpha value is -0.530. The van der Waals surface area contributed by atoms with Crippen LogP contribution in [0, 0.1) is 0 Å². The Morgan fingerprint density at radius 3 is 2.35 bits per heavy atom. The number of Topliss-reactive ketones (excluding diaryl/α,β-unsaturated/α-hetero) is 1. The summed E-state index contributed by atoms with van der Waals surface area (Å²) in [6.45, 7) is 0.975. The molecule has 0 amide bonds. The summed E-state index contributed by atoms with van der Waals surface area (Å²) in [6.07, 6.45) is -4.77. The lowest BCUT2D eigenvalue weighted by Gasteiger charge is -2.32. The number of hydrogen-bond donors (Lipinski definition) is 1. The molecule has 1 N–H and O–H groups in total. The molecule has 17 heavy (non-hydrogen) atoms. The summed E-state index contributed by atoms with van der Waals surface area (Å²) < 4.78 is 48.0. The van der Waals surface area contributed by atoms with Crippen molar-refractivity contribution >= 4 is 5.78 Å². The lowest BCUT2D eigenvalue weighted by molar-refractivity contribution is -0.162. The quantitative estimate of drug-likeness (QED) is 0.605. The van der Waals surface area contributed by atoms with Crippen molar-refractivity contribution in [2.75, 3.05) is 35.0 Å². The molecule has 0 radical (unpaired) electrons. The van der Waals surface area contributed by atoms with E-state index in [2.05, 4.69) is 0 Å². The second kappa shape index (κ2) is 8.54. The summed E-state index contributed by atoms with van der Waals surface area (Å²) in [5.74, 6) is -0.451. The maximum Gasteiger partial charge on any atom is 0.161 e. The molecule has 0 aromatic heterocycles. The standard InChI is InChI=1S/C11H22O6/c1-7(12)9(15-3)11(17-5)10(16-4)8(13)6-14-2/h8-11,13H,6H2,1-5H3/t8-,9+,10-,11-/m1/s1/i2D,3D,4D,5D. The van der Waals surface area contributed by atoms with Crippen molar-refractivity contribution in [1.82, 2.24) is 0 Å². The zero-order valence-corrected chi connectivity index (χ0v) is 9.83. The lowest BCUT2D eigenvalue weighted by Crippen LogP contribution is -2.51. The third-order valence-electron chi connectivity index (χ3n) is 2.26. The summed E-state index contributed by atoms with van der Waals surface area (Å²) in [6, 6.07) is 0. The van der Waals surface area contributed by atoms with Crippen LogP contribution >= 0.6 is 0 Å². The lowest BCUT2D eigenvalue weighted by atomic mass is 10.0. The minimum absolute atomic E-state index is 0.252. The Morgan fingerprint density at radius 1 is 1.18 bits per heavy atom. The van der Waals surface area contributed by atoms with E-state index >= 15 is 0 Å². The number of carbonyl (C=O) groups is 1. The van der Waals surface area contributed by atoms with Gasteiger partial charge in [0, 0.05) is 28.3 Å². The van der Waals surface area contributed by atoms with Crippen molar-refractivity contribution < 1.29 is 34.3 Å². The van der Waals surface area contributed by atoms with Crippen LogP contribution in [-0.4, -0.2) is 70.3 Å². The van der Waals surface area contributed by atoms with Crippen molar-refractivity contribution in [3.8, 4) is 0 Å². The molecule has 6 heteroatoms. The maximum atomic E-state index is 11.6. The summed E-state index contributed by atoms with van der Waals surface area (Å²) in [7, 11) is -1.89. The third kappa shape index (κ3) is 4.69. The van der Waals surface area contributed by atoms with Crippen molar-refractivity contribution in [2.24, 2.45) is 0 Å². The summed E-state index contributed by atoms with van der Waals surface area (Å²) in [5, 5.41) is 10.00. The monoisotopic (exact) mass is 254 g/mol. The van der Waals surface area contributed by atoms with E-state index in [9.17, 15) is 9.90 Å². The molecule has 0 aliphatic rings. The Kier molecular flexibility index (Phi) is 5.23. The van der Waals surface area contributed by atoms with Gasteiger partial charge in [-0.1, -0.05) is 0 Å². The van der Waals surface area contributed by atoms with E-state index in [0.29, 0.717) is 0 Å². The molecule has 0 spiro atoms. The second-order valence-corrected chi connectivity index (χ2v) is 3.40. The predicted octanol–water partition coefficient (Wildman–Crippen LogP) is -0.372. The van der Waals surface area contributed by atoms with Crippen LogP contribution in [0.4, 0.5) is 0 Å². The first-order valence-electron chi connectivity index (χ1n) is 7.64. The van der Waals surface area contributed by atoms with Crippen molar-refractivity contribution in [1.29, 1.82) is 0 Å². The first kappa shape index (κ1) is 10.4. The van der Waals surface area contributed by atoms with Crippen molar-refractivity contribution in [3.63, 3.8) is 0 Å². The van der Waals surface area contributed by atoms with Gasteiger partial charge in [-0.15, -0.1) is 0 Å². The number of aliphatic hydroxyl groups excluding tert-OH is 1. The Labute approximate surface area is 107 Å². The molecule has 0 heterocycles. The molecule has 6 nitrogen and oxygen atoms in total. The summed E-state index contributed by atoms with van der Waals surface area (Å²) in [5.41, 5.74) is 0. The third-order valence-corrected chi connectivity index (χ3v) is 2.26. The number of aliphatic hydroxyl groups is 1. The van der Waals surface area contributed by atoms with E-state index in [1.54, 1.807) is 0 Å². The smallest absolute Gasteiger partial charge is 0.161 e. The number of rotatable bonds is 9. The van der Waals surface area contributed by atoms with E-state index in [-0.39, 0.29) is 13.7 Å². The highest BCUT2D eigenvalue weighted by molar-refractivity contribution is 5.81. The maximum absolute atomic E-state index is 11.6. The van der Waals surface area contributed by atoms with Crippen LogP contribution in [0.25, 0.3) is 0 Å². The number of carbonyl (C=O) groups excluding carboxylic acids is 1. The fourth-order valence-electron chi connectivity index (χ4n) is 1.44. The molecule has 0 aromatic rings. The second-order valence-electron chi connectivity index (χ2n) is 3.40. The first-order chi connectivity index (χ1) is 10.0. The number of ketones is 1. The van der Waals surface area contributed by atoms with Crippen molar-refractivity contribution in [3.05, 3.63) is 0 Å². The molecule has 0 aliphatic carbocycles. The van der Waals surface area contributed by atoms with Crippen LogP contribution in [0.1, 0.15) is 12.4 Å². The van der Waals surface area contributed by atoms with Gasteiger partial charge in [0.1, 0.15) is 24.4 Å². The van der Waals surface area contributed by atoms with E-state index in [1.165, 1.54) is 6.92 Å². The van der Waals surface area contributed by atoms with Crippen molar-refractivity contribution in [2.45, 2.75) is 31.3 Å². The van der Waals surface area contributed by atoms with Gasteiger partial charge in [0.05, 0.1) is 12.1 Å². The van der Waals surface area contributed by atoms with Crippen LogP contribution in [0.5, 0.6) is 0 Å². The van der Waals surface area contributed by atoms with Gasteiger partial charge in [-0.25, -0.2) is 0 Å². The minimum Gasteiger partial charge on any atom is -0.388 e. The van der Waals surface area contributed by atoms with Gasteiger partial charge in [0.25, 0.3) is 0 Å². The molecule has 102 valence electrons. The van der Waals surface area contributed by atoms with Gasteiger partial charge in [-0.2, -0.15) is 0 Å². The highest BCUT2D eigenvalue weighted by Gasteiger charge is 2.37. The number of ether oxygens (including phenoxy) is 4. The van der Waals surface area contributed by atoms with E-state index in [1.807, 2.05) is 0 Å². The van der Waals surface area contributed by atoms with Gasteiger partial charge < -0.3 is 24.1 Å². The van der Waals surface area contributed by atoms with Crippen LogP contribution in [0.3, 0.4) is 0 Å². The Balaban J connectivity index is 5.13. The van der Waals surface area contributed by atoms with Gasteiger partial charge in [0.15, 0.2) is 5.78 Å². The summed E-state index contributed by atoms with van der Waals surface area (Å²) >= 11 is 0. The van der Waals surface area contributed by atoms with Gasteiger partial charge in [-0.3, -0.25) is 4.79 Å². The van der Waals surface area contributed by atoms with Crippen LogP contribution in [-0.2, 0) is 23.7 Å². The molecular formula is C11H22O6. The number of hydrogen-bond acceptors (Lipinski definition) is 6. The highest BCUT2D eigenvalue weighted by Crippen LogP contribution is 2.15. The average Bonchev–Trinajstić information content (AvgIpc) is 2.46. The Bertz CT molecular complexity index is 283. The van der Waals surface area contributed by atoms with Crippen LogP contribution in [0.2, 0.25) is 0 Å². The molecule has 0 saturated carbocycles. The largest absolute Gasteiger partial charge is 0.388 e. The van der Waals surface area contributed by atoms with Crippen LogP contribution in [0.15, 0.2) is 0 Å². The SMILES string of the molecule is [2H]COC[C@@H](O)[C@@H](OC[2H])[C@H](OC[2H])[C@@H](OC[2H])C(C)=O. The highest BCUT2D eigenvalue weighted by atomic mass is 16.6. The normalized spacial score (nSPS) is 21.5. The predicted molar refractivity (Wildman–Crippen MR) is 61.0 cm³/mol. The molecule has 0 fully saturated rings. The minimum atomic E-state index is -1.27. The van der Waals surface area contributed by atoms with E-state index in [4.69, 9.17) is 24.4 Å². The van der Waals surface area contributed by atoms with E-state index < -0.39 is 51.5 Å². The zero-order valence-electron chi connectivity index (χ0n) is 13.8. The average molecular weight is 254 g/mol. The first-order valence-corrected chi connectivity index (χ1v) is 4.81. The molecule has 0 aromatic carbocycles. The molecule has 0 unspecified atom stereocenters. The van der Waals surface area contributed by atoms with Gasteiger partial charge in [0.2, 0.25) is 0 Å². The van der Waals surface area contributed by atoms with Gasteiger partial charge in [-0.05, 0) is 6.92 Å². The van der Waals surface area contributed by atoms with Crippen LogP contribution < -0.4 is 0 Å². The number of methoxy groups -OCH3 is 4. The van der Waals surface area contributed by atoms with Gasteiger partial charge >= 0.3 is 0 Å².